The van der Waals surface area contributed by atoms with Crippen LogP contribution in [0, 0.1) is 0 Å². The Labute approximate surface area is 266 Å². The van der Waals surface area contributed by atoms with Gasteiger partial charge in [0.05, 0.1) is 11.0 Å². The van der Waals surface area contributed by atoms with Gasteiger partial charge in [0, 0.05) is 59.3 Å². The molecule has 1 aliphatic carbocycles. The molecule has 8 aromatic rings. The van der Waals surface area contributed by atoms with E-state index in [1.54, 1.807) is 0 Å². The van der Waals surface area contributed by atoms with Crippen LogP contribution in [0.15, 0.2) is 163 Å². The zero-order chi connectivity index (χ0) is 29.7. The van der Waals surface area contributed by atoms with Crippen LogP contribution in [0.4, 0.5) is 11.4 Å². The maximum absolute atomic E-state index is 2.46. The van der Waals surface area contributed by atoms with Crippen molar-refractivity contribution >= 4 is 70.3 Å². The number of allylic oxidation sites excluding steroid dienone is 3. The number of benzene rings is 6. The molecule has 0 unspecified atom stereocenters. The average molecular weight is 595 g/mol. The third kappa shape index (κ3) is 4.31. The smallest absolute Gasteiger partial charge is 0.0541 e. The monoisotopic (exact) mass is 594 g/mol. The van der Waals surface area contributed by atoms with Gasteiger partial charge >= 0.3 is 0 Å². The van der Waals surface area contributed by atoms with Crippen molar-refractivity contribution in [2.75, 3.05) is 4.90 Å². The maximum atomic E-state index is 2.46. The molecule has 3 heteroatoms. The first-order chi connectivity index (χ1) is 22.3. The summed E-state index contributed by atoms with van der Waals surface area (Å²) in [4.78, 5) is 2.46. The van der Waals surface area contributed by atoms with Crippen molar-refractivity contribution in [3.63, 3.8) is 0 Å². The van der Waals surface area contributed by atoms with Gasteiger partial charge in [-0.25, -0.2) is 0 Å². The summed E-state index contributed by atoms with van der Waals surface area (Å²) < 4.78 is 5.02. The topological polar surface area (TPSA) is 8.17 Å². The molecule has 0 atom stereocenters. The van der Waals surface area contributed by atoms with Gasteiger partial charge in [-0.1, -0.05) is 103 Å². The number of thiophene rings is 1. The van der Waals surface area contributed by atoms with Crippen LogP contribution in [0.2, 0.25) is 0 Å². The summed E-state index contributed by atoms with van der Waals surface area (Å²) in [6.45, 7) is 0. The van der Waals surface area contributed by atoms with Gasteiger partial charge in [-0.2, -0.15) is 0 Å². The Bertz CT molecular complexity index is 2370. The number of fused-ring (bicyclic) bond motifs is 6. The van der Waals surface area contributed by atoms with Crippen LogP contribution in [-0.2, 0) is 0 Å². The summed E-state index contributed by atoms with van der Waals surface area (Å²) in [6, 6.07) is 53.0. The summed E-state index contributed by atoms with van der Waals surface area (Å²) >= 11 is 1.87. The van der Waals surface area contributed by atoms with E-state index in [0.717, 1.165) is 24.2 Å². The lowest BCUT2D eigenvalue weighted by Crippen LogP contribution is -2.19. The predicted octanol–water partition coefficient (Wildman–Crippen LogP) is 12.1. The average Bonchev–Trinajstić information content (AvgIpc) is 3.65. The number of rotatable bonds is 5. The van der Waals surface area contributed by atoms with Gasteiger partial charge in [-0.05, 0) is 73.0 Å². The van der Waals surface area contributed by atoms with Gasteiger partial charge < -0.3 is 9.47 Å². The van der Waals surface area contributed by atoms with E-state index in [1.165, 1.54) is 64.5 Å². The first-order valence-electron chi connectivity index (χ1n) is 15.6. The maximum Gasteiger partial charge on any atom is 0.0541 e. The van der Waals surface area contributed by atoms with Crippen LogP contribution in [0.25, 0.3) is 53.2 Å². The van der Waals surface area contributed by atoms with E-state index in [1.807, 2.05) is 11.3 Å². The number of para-hydroxylation sites is 2. The third-order valence-electron chi connectivity index (χ3n) is 9.02. The molecule has 2 nitrogen and oxygen atoms in total. The molecule has 9 rings (SSSR count). The summed E-state index contributed by atoms with van der Waals surface area (Å²) in [7, 11) is 0. The Balaban J connectivity index is 1.22. The van der Waals surface area contributed by atoms with E-state index in [9.17, 15) is 0 Å². The molecule has 0 amide bonds. The predicted molar refractivity (Wildman–Crippen MR) is 194 cm³/mol. The minimum atomic E-state index is 1.02. The highest BCUT2D eigenvalue weighted by Gasteiger charge is 2.22. The second-order valence-electron chi connectivity index (χ2n) is 11.7. The Morgan fingerprint density at radius 1 is 0.489 bits per heavy atom. The molecule has 2 aromatic heterocycles. The quantitative estimate of drug-likeness (QED) is 0.192. The van der Waals surface area contributed by atoms with Crippen molar-refractivity contribution in [2.45, 2.75) is 12.8 Å². The third-order valence-corrected chi connectivity index (χ3v) is 10.2. The number of aromatic nitrogens is 1. The minimum Gasteiger partial charge on any atom is -0.310 e. The van der Waals surface area contributed by atoms with Crippen molar-refractivity contribution < 1.29 is 0 Å². The van der Waals surface area contributed by atoms with Crippen molar-refractivity contribution in [1.29, 1.82) is 0 Å². The normalized spacial score (nSPS) is 13.4. The standard InChI is InChI=1S/C42H30N2S/c1-2-12-29(13-3-1)33-14-4-8-18-38(33)43(32-26-27-37-36-17-7-11-21-41(36)45-42(37)28-32)30-22-24-31(25-23-30)44-39-19-9-5-15-34(39)35-16-6-10-20-40(35)44/h1-3,5-7,9-28H,4,8H2. The molecular weight excluding hydrogens is 565 g/mol. The summed E-state index contributed by atoms with van der Waals surface area (Å²) in [6.07, 6.45) is 6.89. The first kappa shape index (κ1) is 26.1. The second-order valence-corrected chi connectivity index (χ2v) is 12.7. The zero-order valence-corrected chi connectivity index (χ0v) is 25.5. The number of hydrogen-bond donors (Lipinski definition) is 0. The lowest BCUT2D eigenvalue weighted by atomic mass is 9.94. The molecule has 0 bridgehead atoms. The van der Waals surface area contributed by atoms with Crippen LogP contribution in [0.1, 0.15) is 18.4 Å². The molecule has 2 heterocycles. The number of nitrogens with zero attached hydrogens (tertiary/aromatic N) is 2. The fraction of sp³-hybridized carbons (Fsp3) is 0.0476. The van der Waals surface area contributed by atoms with Crippen LogP contribution in [0.3, 0.4) is 0 Å². The van der Waals surface area contributed by atoms with Crippen molar-refractivity contribution in [1.82, 2.24) is 4.57 Å². The van der Waals surface area contributed by atoms with Gasteiger partial charge in [-0.3, -0.25) is 0 Å². The first-order valence-corrected chi connectivity index (χ1v) is 16.4. The van der Waals surface area contributed by atoms with Crippen molar-refractivity contribution in [3.05, 3.63) is 169 Å². The van der Waals surface area contributed by atoms with Crippen LogP contribution in [-0.4, -0.2) is 4.57 Å². The fourth-order valence-corrected chi connectivity index (χ4v) is 8.13. The Hall–Kier alpha value is -5.38. The lowest BCUT2D eigenvalue weighted by Gasteiger charge is -2.31. The van der Waals surface area contributed by atoms with Crippen molar-refractivity contribution in [2.24, 2.45) is 0 Å². The van der Waals surface area contributed by atoms with Crippen LogP contribution >= 0.6 is 11.3 Å². The molecule has 0 spiro atoms. The van der Waals surface area contributed by atoms with Gasteiger partial charge in [0.25, 0.3) is 0 Å². The van der Waals surface area contributed by atoms with E-state index in [4.69, 9.17) is 0 Å². The molecule has 1 aliphatic rings. The highest BCUT2D eigenvalue weighted by atomic mass is 32.1. The SMILES string of the molecule is C1=C(c2ccccc2)C(N(c2ccc(-n3c4ccccc4c4ccccc43)cc2)c2ccc3c(c2)sc2ccccc23)=CCC1. The molecule has 0 saturated carbocycles. The van der Waals surface area contributed by atoms with Crippen LogP contribution in [0.5, 0.6) is 0 Å². The van der Waals surface area contributed by atoms with E-state index in [2.05, 4.69) is 167 Å². The Morgan fingerprint density at radius 2 is 1.09 bits per heavy atom. The highest BCUT2D eigenvalue weighted by molar-refractivity contribution is 7.25. The molecule has 45 heavy (non-hydrogen) atoms. The molecule has 0 aliphatic heterocycles. The molecule has 214 valence electrons. The molecule has 6 aromatic carbocycles. The Kier molecular flexibility index (Phi) is 6.17. The number of hydrogen-bond acceptors (Lipinski definition) is 2. The molecule has 0 radical (unpaired) electrons. The van der Waals surface area contributed by atoms with Crippen molar-refractivity contribution in [3.8, 4) is 5.69 Å². The fourth-order valence-electron chi connectivity index (χ4n) is 6.99. The molecule has 0 fully saturated rings. The van der Waals surface area contributed by atoms with E-state index < -0.39 is 0 Å². The van der Waals surface area contributed by atoms with E-state index in [-0.39, 0.29) is 0 Å². The second kappa shape index (κ2) is 10.7. The van der Waals surface area contributed by atoms with E-state index >= 15 is 0 Å². The summed E-state index contributed by atoms with van der Waals surface area (Å²) in [5, 5.41) is 5.20. The molecule has 0 saturated heterocycles. The minimum absolute atomic E-state index is 1.02. The number of anilines is 2. The van der Waals surface area contributed by atoms with Crippen LogP contribution < -0.4 is 4.90 Å². The van der Waals surface area contributed by atoms with Gasteiger partial charge in [-0.15, -0.1) is 11.3 Å². The Morgan fingerprint density at radius 3 is 1.84 bits per heavy atom. The van der Waals surface area contributed by atoms with Gasteiger partial charge in [0.15, 0.2) is 0 Å². The highest BCUT2D eigenvalue weighted by Crippen LogP contribution is 2.43. The van der Waals surface area contributed by atoms with E-state index in [0.29, 0.717) is 0 Å². The molecular formula is C42H30N2S. The summed E-state index contributed by atoms with van der Waals surface area (Å²) in [5.41, 5.74) is 9.70. The molecule has 0 N–H and O–H groups in total. The lowest BCUT2D eigenvalue weighted by molar-refractivity contribution is 1.00. The van der Waals surface area contributed by atoms with Gasteiger partial charge in [0.1, 0.15) is 0 Å². The van der Waals surface area contributed by atoms with Gasteiger partial charge in [0.2, 0.25) is 0 Å². The largest absolute Gasteiger partial charge is 0.310 e. The summed E-state index contributed by atoms with van der Waals surface area (Å²) in [5.74, 6) is 0. The zero-order valence-electron chi connectivity index (χ0n) is 24.7.